The molecular formula is C14H17ClN4O2S. The van der Waals surface area contributed by atoms with E-state index in [0.29, 0.717) is 21.6 Å². The summed E-state index contributed by atoms with van der Waals surface area (Å²) in [4.78, 5) is 12.1. The second-order valence-corrected chi connectivity index (χ2v) is 6.17. The van der Waals surface area contributed by atoms with Crippen LogP contribution in [0.15, 0.2) is 29.7 Å². The molecule has 0 atom stereocenters. The summed E-state index contributed by atoms with van der Waals surface area (Å²) < 4.78 is 7.11. The third kappa shape index (κ3) is 4.14. The van der Waals surface area contributed by atoms with E-state index in [2.05, 4.69) is 15.5 Å². The van der Waals surface area contributed by atoms with Crippen LogP contribution in [-0.2, 0) is 4.79 Å². The lowest BCUT2D eigenvalue weighted by molar-refractivity contribution is -0.113. The number of anilines is 1. The van der Waals surface area contributed by atoms with Crippen LogP contribution in [0.2, 0.25) is 5.02 Å². The highest BCUT2D eigenvalue weighted by atomic mass is 35.5. The molecule has 0 aliphatic carbocycles. The minimum Gasteiger partial charge on any atom is -0.495 e. The third-order valence-corrected chi connectivity index (χ3v) is 4.06. The van der Waals surface area contributed by atoms with Crippen LogP contribution >= 0.6 is 23.4 Å². The van der Waals surface area contributed by atoms with E-state index in [1.165, 1.54) is 11.8 Å². The fraction of sp³-hybridized carbons (Fsp3) is 0.357. The molecule has 8 heteroatoms. The summed E-state index contributed by atoms with van der Waals surface area (Å²) in [6.07, 6.45) is 1.66. The molecule has 1 amide bonds. The Hall–Kier alpha value is -1.73. The molecule has 1 heterocycles. The topological polar surface area (TPSA) is 69.0 Å². The van der Waals surface area contributed by atoms with Crippen LogP contribution in [0.3, 0.4) is 0 Å². The Balaban J connectivity index is 1.99. The summed E-state index contributed by atoms with van der Waals surface area (Å²) in [6, 6.07) is 5.31. The standard InChI is InChI=1S/C14H17ClN4O2S/c1-9(2)19-8-16-18-14(19)22-7-13(20)17-11-6-10(15)4-5-12(11)21-3/h4-6,8-9H,7H2,1-3H3,(H,17,20). The zero-order valence-electron chi connectivity index (χ0n) is 12.5. The first-order valence-electron chi connectivity index (χ1n) is 6.67. The number of carbonyl (C=O) groups excluding carboxylic acids is 1. The van der Waals surface area contributed by atoms with Gasteiger partial charge in [-0.05, 0) is 32.0 Å². The maximum absolute atomic E-state index is 12.1. The maximum atomic E-state index is 12.1. The van der Waals surface area contributed by atoms with E-state index in [-0.39, 0.29) is 17.7 Å². The molecule has 0 radical (unpaired) electrons. The molecule has 2 aromatic rings. The highest BCUT2D eigenvalue weighted by molar-refractivity contribution is 7.99. The van der Waals surface area contributed by atoms with Crippen LogP contribution in [0.5, 0.6) is 5.75 Å². The molecule has 1 aromatic heterocycles. The third-order valence-electron chi connectivity index (χ3n) is 2.86. The van der Waals surface area contributed by atoms with Crippen molar-refractivity contribution in [3.8, 4) is 5.75 Å². The number of halogens is 1. The number of methoxy groups -OCH3 is 1. The van der Waals surface area contributed by atoms with Gasteiger partial charge in [0, 0.05) is 11.1 Å². The van der Waals surface area contributed by atoms with E-state index in [4.69, 9.17) is 16.3 Å². The van der Waals surface area contributed by atoms with Gasteiger partial charge >= 0.3 is 0 Å². The molecule has 0 bridgehead atoms. The summed E-state index contributed by atoms with van der Waals surface area (Å²) in [5, 5.41) is 11.9. The Morgan fingerprint density at radius 3 is 2.95 bits per heavy atom. The van der Waals surface area contributed by atoms with E-state index in [9.17, 15) is 4.79 Å². The number of benzene rings is 1. The van der Waals surface area contributed by atoms with Gasteiger partial charge in [0.2, 0.25) is 5.91 Å². The van der Waals surface area contributed by atoms with Gasteiger partial charge < -0.3 is 14.6 Å². The molecule has 22 heavy (non-hydrogen) atoms. The van der Waals surface area contributed by atoms with Crippen LogP contribution in [0.25, 0.3) is 0 Å². The van der Waals surface area contributed by atoms with Crippen LogP contribution in [0.1, 0.15) is 19.9 Å². The van der Waals surface area contributed by atoms with Gasteiger partial charge in [-0.2, -0.15) is 0 Å². The van der Waals surface area contributed by atoms with Crippen molar-refractivity contribution in [1.82, 2.24) is 14.8 Å². The van der Waals surface area contributed by atoms with Crippen molar-refractivity contribution < 1.29 is 9.53 Å². The van der Waals surface area contributed by atoms with Crippen molar-refractivity contribution in [1.29, 1.82) is 0 Å². The average Bonchev–Trinajstić information content (AvgIpc) is 2.94. The summed E-state index contributed by atoms with van der Waals surface area (Å²) in [6.45, 7) is 4.06. The number of rotatable bonds is 6. The van der Waals surface area contributed by atoms with Crippen molar-refractivity contribution in [2.75, 3.05) is 18.2 Å². The summed E-state index contributed by atoms with van der Waals surface area (Å²) in [5.74, 6) is 0.623. The van der Waals surface area contributed by atoms with Gasteiger partial charge in [-0.1, -0.05) is 23.4 Å². The molecule has 1 aromatic carbocycles. The summed E-state index contributed by atoms with van der Waals surface area (Å²) in [5.41, 5.74) is 0.547. The summed E-state index contributed by atoms with van der Waals surface area (Å²) in [7, 11) is 1.54. The predicted octanol–water partition coefficient (Wildman–Crippen LogP) is 3.25. The second-order valence-electron chi connectivity index (χ2n) is 4.80. The summed E-state index contributed by atoms with van der Waals surface area (Å²) >= 11 is 7.27. The number of carbonyl (C=O) groups is 1. The maximum Gasteiger partial charge on any atom is 0.234 e. The number of thioether (sulfide) groups is 1. The number of amides is 1. The number of nitrogens with zero attached hydrogens (tertiary/aromatic N) is 3. The molecule has 0 aliphatic heterocycles. The van der Waals surface area contributed by atoms with Crippen LogP contribution in [0, 0.1) is 0 Å². The smallest absolute Gasteiger partial charge is 0.234 e. The SMILES string of the molecule is COc1ccc(Cl)cc1NC(=O)CSc1nncn1C(C)C. The lowest BCUT2D eigenvalue weighted by atomic mass is 10.3. The first kappa shape index (κ1) is 16.6. The second kappa shape index (κ2) is 7.51. The van der Waals surface area contributed by atoms with Gasteiger partial charge in [0.05, 0.1) is 18.6 Å². The Morgan fingerprint density at radius 2 is 2.27 bits per heavy atom. The highest BCUT2D eigenvalue weighted by Gasteiger charge is 2.12. The van der Waals surface area contributed by atoms with E-state index in [1.807, 2.05) is 18.4 Å². The van der Waals surface area contributed by atoms with E-state index < -0.39 is 0 Å². The van der Waals surface area contributed by atoms with Crippen molar-refractivity contribution >= 4 is 35.0 Å². The zero-order valence-corrected chi connectivity index (χ0v) is 14.1. The molecule has 1 N–H and O–H groups in total. The largest absolute Gasteiger partial charge is 0.495 e. The molecule has 0 aliphatic rings. The molecule has 0 unspecified atom stereocenters. The number of hydrogen-bond acceptors (Lipinski definition) is 5. The molecule has 0 fully saturated rings. The number of nitrogens with one attached hydrogen (secondary N) is 1. The Labute approximate surface area is 138 Å². The van der Waals surface area contributed by atoms with Gasteiger partial charge in [0.25, 0.3) is 0 Å². The quantitative estimate of drug-likeness (QED) is 0.817. The van der Waals surface area contributed by atoms with Gasteiger partial charge in [-0.15, -0.1) is 10.2 Å². The first-order valence-corrected chi connectivity index (χ1v) is 8.03. The normalized spacial score (nSPS) is 10.8. The Morgan fingerprint density at radius 1 is 1.50 bits per heavy atom. The van der Waals surface area contributed by atoms with E-state index >= 15 is 0 Å². The molecule has 6 nitrogen and oxygen atoms in total. The molecule has 118 valence electrons. The molecular weight excluding hydrogens is 324 g/mol. The van der Waals surface area contributed by atoms with Gasteiger partial charge in [0.1, 0.15) is 12.1 Å². The van der Waals surface area contributed by atoms with Crippen LogP contribution in [-0.4, -0.2) is 33.5 Å². The first-order chi connectivity index (χ1) is 10.5. The molecule has 0 saturated heterocycles. The van der Waals surface area contributed by atoms with E-state index in [1.54, 1.807) is 31.6 Å². The predicted molar refractivity (Wildman–Crippen MR) is 87.8 cm³/mol. The van der Waals surface area contributed by atoms with Crippen LogP contribution in [0.4, 0.5) is 5.69 Å². The number of hydrogen-bond donors (Lipinski definition) is 1. The average molecular weight is 341 g/mol. The lowest BCUT2D eigenvalue weighted by Gasteiger charge is -2.11. The highest BCUT2D eigenvalue weighted by Crippen LogP contribution is 2.28. The lowest BCUT2D eigenvalue weighted by Crippen LogP contribution is -2.15. The minimum absolute atomic E-state index is 0.163. The van der Waals surface area contributed by atoms with Crippen LogP contribution < -0.4 is 10.1 Å². The number of aromatic nitrogens is 3. The zero-order chi connectivity index (χ0) is 16.1. The monoisotopic (exact) mass is 340 g/mol. The molecule has 0 spiro atoms. The van der Waals surface area contributed by atoms with Crippen molar-refractivity contribution in [3.05, 3.63) is 29.5 Å². The minimum atomic E-state index is -0.163. The van der Waals surface area contributed by atoms with Crippen molar-refractivity contribution in [2.45, 2.75) is 25.0 Å². The Kier molecular flexibility index (Phi) is 5.68. The molecule has 2 rings (SSSR count). The van der Waals surface area contributed by atoms with Gasteiger partial charge in [0.15, 0.2) is 5.16 Å². The fourth-order valence-electron chi connectivity index (χ4n) is 1.78. The van der Waals surface area contributed by atoms with Crippen molar-refractivity contribution in [2.24, 2.45) is 0 Å². The Bertz CT molecular complexity index is 660. The molecule has 0 saturated carbocycles. The number of ether oxygens (including phenoxy) is 1. The van der Waals surface area contributed by atoms with Crippen molar-refractivity contribution in [3.63, 3.8) is 0 Å². The van der Waals surface area contributed by atoms with E-state index in [0.717, 1.165) is 0 Å². The van der Waals surface area contributed by atoms with Gasteiger partial charge in [-0.25, -0.2) is 0 Å². The fourth-order valence-corrected chi connectivity index (χ4v) is 2.80. The van der Waals surface area contributed by atoms with Gasteiger partial charge in [-0.3, -0.25) is 4.79 Å².